The molecule has 5 rings (SSSR count). The van der Waals surface area contributed by atoms with Gasteiger partial charge in [-0.05, 0) is 37.1 Å². The SMILES string of the molecule is O=C(Nc1c(-c2cc(F)ccc2F)ccnc1C1CCC(F)(F)CC1)c1cnc(OC2CCOCC2)nc1. The lowest BCUT2D eigenvalue weighted by Gasteiger charge is -2.29. The average molecular weight is 531 g/mol. The number of hydrogen-bond acceptors (Lipinski definition) is 6. The molecule has 38 heavy (non-hydrogen) atoms. The number of halogens is 4. The van der Waals surface area contributed by atoms with Crippen molar-refractivity contribution in [3.8, 4) is 17.1 Å². The summed E-state index contributed by atoms with van der Waals surface area (Å²) in [5.74, 6) is -5.14. The zero-order valence-electron chi connectivity index (χ0n) is 20.4. The van der Waals surface area contributed by atoms with E-state index in [2.05, 4.69) is 20.3 Å². The second kappa shape index (κ2) is 11.0. The van der Waals surface area contributed by atoms with E-state index >= 15 is 0 Å². The molecule has 0 unspecified atom stereocenters. The molecule has 11 heteroatoms. The number of amides is 1. The molecule has 7 nitrogen and oxygen atoms in total. The van der Waals surface area contributed by atoms with Crippen molar-refractivity contribution in [2.75, 3.05) is 18.5 Å². The van der Waals surface area contributed by atoms with Gasteiger partial charge in [0.25, 0.3) is 5.91 Å². The molecule has 3 heterocycles. The first-order chi connectivity index (χ1) is 18.3. The highest BCUT2D eigenvalue weighted by molar-refractivity contribution is 6.06. The Bertz CT molecular complexity index is 1290. The zero-order valence-corrected chi connectivity index (χ0v) is 20.4. The van der Waals surface area contributed by atoms with Crippen molar-refractivity contribution in [3.63, 3.8) is 0 Å². The van der Waals surface area contributed by atoms with Crippen LogP contribution in [0, 0.1) is 11.6 Å². The van der Waals surface area contributed by atoms with Crippen LogP contribution < -0.4 is 10.1 Å². The van der Waals surface area contributed by atoms with Crippen LogP contribution in [0.1, 0.15) is 60.5 Å². The molecule has 2 aliphatic rings. The Kier molecular flexibility index (Phi) is 7.55. The second-order valence-electron chi connectivity index (χ2n) is 9.51. The van der Waals surface area contributed by atoms with Gasteiger partial charge < -0.3 is 14.8 Å². The summed E-state index contributed by atoms with van der Waals surface area (Å²) in [7, 11) is 0. The summed E-state index contributed by atoms with van der Waals surface area (Å²) in [6.07, 6.45) is 4.98. The number of pyridine rings is 1. The normalized spacial score (nSPS) is 18.2. The van der Waals surface area contributed by atoms with Crippen LogP contribution in [-0.4, -0.2) is 46.1 Å². The van der Waals surface area contributed by atoms with E-state index in [0.717, 1.165) is 18.2 Å². The van der Waals surface area contributed by atoms with E-state index in [1.165, 1.54) is 24.7 Å². The standard InChI is InChI=1S/C27H26F4N4O3/c28-18-1-2-22(29)21(13-18)20-5-10-32-23(16-3-8-27(30,31)9-4-16)24(20)35-25(36)17-14-33-26(34-15-17)38-19-6-11-37-12-7-19/h1-2,5,10,13-16,19H,3-4,6-9,11-12H2,(H,35,36). The summed E-state index contributed by atoms with van der Waals surface area (Å²) in [4.78, 5) is 25.9. The Morgan fingerprint density at radius 3 is 2.39 bits per heavy atom. The molecule has 0 atom stereocenters. The van der Waals surface area contributed by atoms with E-state index in [4.69, 9.17) is 9.47 Å². The number of nitrogens with one attached hydrogen (secondary N) is 1. The Morgan fingerprint density at radius 1 is 0.974 bits per heavy atom. The fraction of sp³-hybridized carbons (Fsp3) is 0.407. The third kappa shape index (κ3) is 5.93. The highest BCUT2D eigenvalue weighted by Crippen LogP contribution is 2.44. The maximum absolute atomic E-state index is 14.8. The van der Waals surface area contributed by atoms with Gasteiger partial charge in [-0.25, -0.2) is 27.5 Å². The van der Waals surface area contributed by atoms with E-state index in [0.29, 0.717) is 31.7 Å². The summed E-state index contributed by atoms with van der Waals surface area (Å²) in [6, 6.07) is 4.58. The number of benzene rings is 1. The lowest BCUT2D eigenvalue weighted by molar-refractivity contribution is -0.0384. The Labute approximate surface area is 216 Å². The number of hydrogen-bond donors (Lipinski definition) is 1. The third-order valence-corrected chi connectivity index (χ3v) is 6.87. The van der Waals surface area contributed by atoms with Crippen LogP contribution in [0.3, 0.4) is 0 Å². The molecule has 1 aromatic carbocycles. The smallest absolute Gasteiger partial charge is 0.316 e. The third-order valence-electron chi connectivity index (χ3n) is 6.87. The number of aromatic nitrogens is 3. The average Bonchev–Trinajstić information content (AvgIpc) is 2.91. The van der Waals surface area contributed by atoms with Crippen molar-refractivity contribution in [2.24, 2.45) is 0 Å². The van der Waals surface area contributed by atoms with Crippen LogP contribution in [0.25, 0.3) is 11.1 Å². The number of carbonyl (C=O) groups excluding carboxylic acids is 1. The lowest BCUT2D eigenvalue weighted by Crippen LogP contribution is -2.26. The quantitative estimate of drug-likeness (QED) is 0.398. The molecule has 1 aliphatic carbocycles. The first kappa shape index (κ1) is 26.0. The molecule has 0 spiro atoms. The van der Waals surface area contributed by atoms with Crippen molar-refractivity contribution < 1.29 is 31.8 Å². The minimum Gasteiger partial charge on any atom is -0.460 e. The van der Waals surface area contributed by atoms with Crippen LogP contribution >= 0.6 is 0 Å². The van der Waals surface area contributed by atoms with Gasteiger partial charge in [-0.1, -0.05) is 0 Å². The van der Waals surface area contributed by atoms with E-state index < -0.39 is 29.4 Å². The molecule has 0 bridgehead atoms. The monoisotopic (exact) mass is 530 g/mol. The summed E-state index contributed by atoms with van der Waals surface area (Å²) >= 11 is 0. The lowest BCUT2D eigenvalue weighted by atomic mass is 9.83. The van der Waals surface area contributed by atoms with Gasteiger partial charge in [0, 0.05) is 61.3 Å². The predicted octanol–water partition coefficient (Wildman–Crippen LogP) is 5.92. The Morgan fingerprint density at radius 2 is 1.68 bits per heavy atom. The van der Waals surface area contributed by atoms with Gasteiger partial charge in [-0.3, -0.25) is 9.78 Å². The van der Waals surface area contributed by atoms with Gasteiger partial charge in [0.05, 0.1) is 30.2 Å². The van der Waals surface area contributed by atoms with Crippen molar-refractivity contribution in [1.82, 2.24) is 15.0 Å². The molecule has 3 aromatic rings. The first-order valence-electron chi connectivity index (χ1n) is 12.5. The van der Waals surface area contributed by atoms with Gasteiger partial charge in [-0.2, -0.15) is 0 Å². The second-order valence-corrected chi connectivity index (χ2v) is 9.51. The van der Waals surface area contributed by atoms with E-state index in [1.54, 1.807) is 0 Å². The Balaban J connectivity index is 1.44. The summed E-state index contributed by atoms with van der Waals surface area (Å²) in [5.41, 5.74) is 0.690. The molecular weight excluding hydrogens is 504 g/mol. The van der Waals surface area contributed by atoms with Crippen LogP contribution in [0.4, 0.5) is 23.2 Å². The number of rotatable bonds is 6. The molecule has 1 amide bonds. The van der Waals surface area contributed by atoms with E-state index in [9.17, 15) is 22.4 Å². The van der Waals surface area contributed by atoms with Gasteiger partial charge in [-0.15, -0.1) is 0 Å². The van der Waals surface area contributed by atoms with Crippen LogP contribution in [0.5, 0.6) is 6.01 Å². The van der Waals surface area contributed by atoms with Crippen molar-refractivity contribution >= 4 is 11.6 Å². The maximum atomic E-state index is 14.8. The van der Waals surface area contributed by atoms with Gasteiger partial charge >= 0.3 is 6.01 Å². The fourth-order valence-electron chi connectivity index (χ4n) is 4.78. The van der Waals surface area contributed by atoms with Gasteiger partial charge in [0.1, 0.15) is 17.7 Å². The minimum absolute atomic E-state index is 0.0760. The largest absolute Gasteiger partial charge is 0.460 e. The number of alkyl halides is 2. The maximum Gasteiger partial charge on any atom is 0.316 e. The van der Waals surface area contributed by atoms with Gasteiger partial charge in [0.2, 0.25) is 5.92 Å². The molecule has 1 saturated carbocycles. The molecule has 1 aliphatic heterocycles. The number of carbonyl (C=O) groups is 1. The Hall–Kier alpha value is -3.60. The molecule has 1 saturated heterocycles. The van der Waals surface area contributed by atoms with Crippen molar-refractivity contribution in [2.45, 2.75) is 56.5 Å². The van der Waals surface area contributed by atoms with E-state index in [-0.39, 0.29) is 60.2 Å². The predicted molar refractivity (Wildman–Crippen MR) is 130 cm³/mol. The van der Waals surface area contributed by atoms with Crippen molar-refractivity contribution in [1.29, 1.82) is 0 Å². The number of anilines is 1. The highest BCUT2D eigenvalue weighted by Gasteiger charge is 2.37. The molecule has 2 fully saturated rings. The van der Waals surface area contributed by atoms with E-state index in [1.807, 2.05) is 0 Å². The molecule has 2 aromatic heterocycles. The molecule has 200 valence electrons. The zero-order chi connectivity index (χ0) is 26.7. The van der Waals surface area contributed by atoms with Crippen LogP contribution in [0.2, 0.25) is 0 Å². The fourth-order valence-corrected chi connectivity index (χ4v) is 4.78. The van der Waals surface area contributed by atoms with Crippen LogP contribution in [-0.2, 0) is 4.74 Å². The van der Waals surface area contributed by atoms with Crippen LogP contribution in [0.15, 0.2) is 42.9 Å². The summed E-state index contributed by atoms with van der Waals surface area (Å²) in [5, 5.41) is 2.74. The first-order valence-corrected chi connectivity index (χ1v) is 12.5. The summed E-state index contributed by atoms with van der Waals surface area (Å²) in [6.45, 7) is 1.18. The highest BCUT2D eigenvalue weighted by atomic mass is 19.3. The van der Waals surface area contributed by atoms with Gasteiger partial charge in [0.15, 0.2) is 0 Å². The topological polar surface area (TPSA) is 86.2 Å². The minimum atomic E-state index is -2.77. The number of nitrogens with zero attached hydrogens (tertiary/aromatic N) is 3. The molecular formula is C27H26F4N4O3. The number of ether oxygens (including phenoxy) is 2. The molecule has 1 N–H and O–H groups in total. The molecule has 0 radical (unpaired) electrons. The summed E-state index contributed by atoms with van der Waals surface area (Å²) < 4.78 is 67.5. The van der Waals surface area contributed by atoms with Crippen molar-refractivity contribution in [3.05, 3.63) is 65.7 Å².